The number of ether oxygens (including phenoxy) is 5. The Bertz CT molecular complexity index is 1190. The van der Waals surface area contributed by atoms with Crippen molar-refractivity contribution in [2.45, 2.75) is 58.0 Å². The first kappa shape index (κ1) is 28.2. The van der Waals surface area contributed by atoms with Gasteiger partial charge >= 0.3 is 0 Å². The van der Waals surface area contributed by atoms with Gasteiger partial charge in [0, 0.05) is 5.92 Å². The van der Waals surface area contributed by atoms with E-state index in [0.29, 0.717) is 33.0 Å². The molecular weight excluding hydrogens is 500 g/mol. The van der Waals surface area contributed by atoms with Crippen LogP contribution in [0.1, 0.15) is 29.2 Å². The monoisotopic (exact) mass is 538 g/mol. The predicted molar refractivity (Wildman–Crippen MR) is 155 cm³/mol. The second-order valence-electron chi connectivity index (χ2n) is 10.2. The molecule has 0 spiro atoms. The van der Waals surface area contributed by atoms with Crippen LogP contribution in [0.4, 0.5) is 0 Å². The summed E-state index contributed by atoms with van der Waals surface area (Å²) in [7, 11) is 0. The molecular formula is C35H38O5. The van der Waals surface area contributed by atoms with E-state index in [2.05, 4.69) is 55.5 Å². The minimum Gasteiger partial charge on any atom is -0.374 e. The zero-order valence-corrected chi connectivity index (χ0v) is 23.0. The van der Waals surface area contributed by atoms with E-state index in [1.807, 2.05) is 72.8 Å². The molecule has 40 heavy (non-hydrogen) atoms. The van der Waals surface area contributed by atoms with Crippen LogP contribution >= 0.6 is 0 Å². The van der Waals surface area contributed by atoms with Crippen molar-refractivity contribution < 1.29 is 23.7 Å². The molecule has 5 rings (SSSR count). The lowest BCUT2D eigenvalue weighted by atomic mass is 9.91. The lowest BCUT2D eigenvalue weighted by Gasteiger charge is -2.45. The van der Waals surface area contributed by atoms with Gasteiger partial charge in [0.15, 0.2) is 6.29 Å². The third-order valence-corrected chi connectivity index (χ3v) is 7.17. The van der Waals surface area contributed by atoms with E-state index in [4.69, 9.17) is 23.7 Å². The largest absolute Gasteiger partial charge is 0.374 e. The van der Waals surface area contributed by atoms with Crippen LogP contribution in [0.3, 0.4) is 0 Å². The molecule has 0 unspecified atom stereocenters. The zero-order chi connectivity index (χ0) is 27.4. The summed E-state index contributed by atoms with van der Waals surface area (Å²) in [6, 6.07) is 40.7. The third-order valence-electron chi connectivity index (χ3n) is 7.17. The van der Waals surface area contributed by atoms with Crippen molar-refractivity contribution in [2.24, 2.45) is 5.92 Å². The maximum absolute atomic E-state index is 6.62. The maximum atomic E-state index is 6.62. The summed E-state index contributed by atoms with van der Waals surface area (Å²) in [5, 5.41) is 0. The Labute approximate surface area is 237 Å². The Hall–Kier alpha value is -3.32. The van der Waals surface area contributed by atoms with Gasteiger partial charge < -0.3 is 23.7 Å². The van der Waals surface area contributed by atoms with E-state index in [9.17, 15) is 0 Å². The van der Waals surface area contributed by atoms with Gasteiger partial charge in [0.05, 0.1) is 39.1 Å². The molecule has 0 aromatic heterocycles. The van der Waals surface area contributed by atoms with E-state index in [1.165, 1.54) is 0 Å². The fraction of sp³-hybridized carbons (Fsp3) is 0.314. The highest BCUT2D eigenvalue weighted by Crippen LogP contribution is 2.33. The summed E-state index contributed by atoms with van der Waals surface area (Å²) < 4.78 is 32.3. The van der Waals surface area contributed by atoms with Crippen molar-refractivity contribution in [3.8, 4) is 0 Å². The fourth-order valence-corrected chi connectivity index (χ4v) is 4.97. The SMILES string of the molecule is C[C@H]1[C@@H](OCc2ccccc2)O[C@H](COCc2ccccc2)[C@@H](OCc2ccccc2)[C@@H]1OCc1ccccc1. The second kappa shape index (κ2) is 14.9. The first-order valence-electron chi connectivity index (χ1n) is 14.0. The van der Waals surface area contributed by atoms with Crippen LogP contribution in [0.2, 0.25) is 0 Å². The zero-order valence-electron chi connectivity index (χ0n) is 23.0. The van der Waals surface area contributed by atoms with Crippen LogP contribution in [0.15, 0.2) is 121 Å². The van der Waals surface area contributed by atoms with Crippen molar-refractivity contribution in [3.05, 3.63) is 144 Å². The molecule has 0 radical (unpaired) electrons. The minimum atomic E-state index is -0.470. The predicted octanol–water partition coefficient (Wildman–Crippen LogP) is 6.95. The number of benzene rings is 4. The molecule has 0 saturated carbocycles. The van der Waals surface area contributed by atoms with Gasteiger partial charge in [-0.1, -0.05) is 128 Å². The number of hydrogen-bond acceptors (Lipinski definition) is 5. The summed E-state index contributed by atoms with van der Waals surface area (Å²) in [6.07, 6.45) is -1.44. The van der Waals surface area contributed by atoms with Gasteiger partial charge in [-0.2, -0.15) is 0 Å². The van der Waals surface area contributed by atoms with Gasteiger partial charge in [-0.25, -0.2) is 0 Å². The van der Waals surface area contributed by atoms with Crippen LogP contribution in [0, 0.1) is 5.92 Å². The minimum absolute atomic E-state index is 0.0708. The molecule has 1 heterocycles. The highest BCUT2D eigenvalue weighted by molar-refractivity contribution is 5.16. The molecule has 4 aromatic rings. The van der Waals surface area contributed by atoms with Gasteiger partial charge in [-0.05, 0) is 22.3 Å². The Morgan fingerprint density at radius 2 is 0.900 bits per heavy atom. The topological polar surface area (TPSA) is 46.2 Å². The number of rotatable bonds is 13. The molecule has 1 fully saturated rings. The molecule has 1 aliphatic heterocycles. The first-order valence-corrected chi connectivity index (χ1v) is 14.0. The average molecular weight is 539 g/mol. The molecule has 4 aromatic carbocycles. The van der Waals surface area contributed by atoms with Crippen molar-refractivity contribution in [1.82, 2.24) is 0 Å². The lowest BCUT2D eigenvalue weighted by Crippen LogP contribution is -2.57. The molecule has 0 N–H and O–H groups in total. The number of hydrogen-bond donors (Lipinski definition) is 0. The molecule has 208 valence electrons. The van der Waals surface area contributed by atoms with Gasteiger partial charge in [0.2, 0.25) is 0 Å². The van der Waals surface area contributed by atoms with E-state index in [-0.39, 0.29) is 24.2 Å². The Morgan fingerprint density at radius 1 is 0.500 bits per heavy atom. The van der Waals surface area contributed by atoms with Crippen LogP contribution in [-0.4, -0.2) is 31.2 Å². The average Bonchev–Trinajstić information content (AvgIpc) is 3.01. The van der Waals surface area contributed by atoms with E-state index < -0.39 is 6.29 Å². The van der Waals surface area contributed by atoms with Crippen LogP contribution < -0.4 is 0 Å². The molecule has 0 bridgehead atoms. The van der Waals surface area contributed by atoms with E-state index in [0.717, 1.165) is 22.3 Å². The lowest BCUT2D eigenvalue weighted by molar-refractivity contribution is -0.305. The van der Waals surface area contributed by atoms with Crippen molar-refractivity contribution in [2.75, 3.05) is 6.61 Å². The maximum Gasteiger partial charge on any atom is 0.163 e. The smallest absolute Gasteiger partial charge is 0.163 e. The molecule has 5 heteroatoms. The summed E-state index contributed by atoms with van der Waals surface area (Å²) in [6.45, 7) is 4.35. The van der Waals surface area contributed by atoms with Crippen molar-refractivity contribution in [1.29, 1.82) is 0 Å². The van der Waals surface area contributed by atoms with Crippen molar-refractivity contribution in [3.63, 3.8) is 0 Å². The van der Waals surface area contributed by atoms with Crippen LogP contribution in [-0.2, 0) is 50.1 Å². The quantitative estimate of drug-likeness (QED) is 0.184. The fourth-order valence-electron chi connectivity index (χ4n) is 4.97. The van der Waals surface area contributed by atoms with E-state index in [1.54, 1.807) is 0 Å². The molecule has 0 aliphatic carbocycles. The summed E-state index contributed by atoms with van der Waals surface area (Å²) in [5.41, 5.74) is 4.42. The Kier molecular flexibility index (Phi) is 10.5. The van der Waals surface area contributed by atoms with E-state index >= 15 is 0 Å². The molecule has 1 saturated heterocycles. The Balaban J connectivity index is 1.34. The van der Waals surface area contributed by atoms with Crippen LogP contribution in [0.5, 0.6) is 0 Å². The highest BCUT2D eigenvalue weighted by Gasteiger charge is 2.46. The summed E-state index contributed by atoms with van der Waals surface area (Å²) >= 11 is 0. The van der Waals surface area contributed by atoms with Gasteiger partial charge in [0.1, 0.15) is 12.2 Å². The van der Waals surface area contributed by atoms with Gasteiger partial charge in [0.25, 0.3) is 0 Å². The second-order valence-corrected chi connectivity index (χ2v) is 10.2. The standard InChI is InChI=1S/C35H38O5/c1-27-33(37-23-29-16-8-3-9-17-29)34(38-24-30-18-10-4-11-19-30)32(26-36-22-28-14-6-2-7-15-28)40-35(27)39-25-31-20-12-5-13-21-31/h2-21,27,32-35H,22-26H2,1H3/t27-,32-,33-,34-,35+/m1/s1. The normalized spacial score (nSPS) is 22.7. The summed E-state index contributed by atoms with van der Waals surface area (Å²) in [5.74, 6) is -0.0708. The first-order chi connectivity index (χ1) is 19.8. The molecule has 0 amide bonds. The van der Waals surface area contributed by atoms with Gasteiger partial charge in [-0.15, -0.1) is 0 Å². The van der Waals surface area contributed by atoms with Gasteiger partial charge in [-0.3, -0.25) is 0 Å². The molecule has 5 atom stereocenters. The highest BCUT2D eigenvalue weighted by atomic mass is 16.7. The molecule has 1 aliphatic rings. The van der Waals surface area contributed by atoms with Crippen molar-refractivity contribution >= 4 is 0 Å². The Morgan fingerprint density at radius 3 is 1.38 bits per heavy atom. The third kappa shape index (κ3) is 8.10. The molecule has 5 nitrogen and oxygen atoms in total. The summed E-state index contributed by atoms with van der Waals surface area (Å²) in [4.78, 5) is 0. The van der Waals surface area contributed by atoms with Crippen LogP contribution in [0.25, 0.3) is 0 Å².